The number of carbonyl (C=O) groups excluding carboxylic acids is 1. The third-order valence-electron chi connectivity index (χ3n) is 8.11. The van der Waals surface area contributed by atoms with Gasteiger partial charge in [-0.1, -0.05) is 69.5 Å². The van der Waals surface area contributed by atoms with E-state index in [2.05, 4.69) is 98.9 Å². The standard InChI is InChI=1S/C19H26N2O.C14H18N2S.CH3F/c1-13(2)18(15(4)20-11-7-8-14(20)3)21-12-16-9-5-6-10-17(16)19(21)22;1-5-15-10(2)12-6-8-13(9-7-12)14-11(3)16(14)17-4;1-2/h5-6,9-10,13-14,18H,4,7-8,11-12H2,1-3H3;5-10,15H,1H2,2-4H3;1H3. The molecule has 41 heavy (non-hydrogen) atoms. The van der Waals surface area contributed by atoms with Gasteiger partial charge in [0.15, 0.2) is 0 Å². The molecule has 5 rings (SSSR count). The molecule has 3 aliphatic rings. The Morgan fingerprint density at radius 3 is 2.29 bits per heavy atom. The fraction of sp³-hybridized carbons (Fsp3) is 0.441. The molecule has 2 aromatic carbocycles. The highest BCUT2D eigenvalue weighted by molar-refractivity contribution is 7.97. The van der Waals surface area contributed by atoms with Gasteiger partial charge in [0.1, 0.15) is 0 Å². The van der Waals surface area contributed by atoms with Gasteiger partial charge in [-0.15, -0.1) is 0 Å². The summed E-state index contributed by atoms with van der Waals surface area (Å²) >= 11 is 1.75. The first-order valence-corrected chi connectivity index (χ1v) is 15.6. The van der Waals surface area contributed by atoms with Crippen molar-refractivity contribution in [3.05, 3.63) is 102 Å². The van der Waals surface area contributed by atoms with E-state index in [9.17, 15) is 9.18 Å². The van der Waals surface area contributed by atoms with Crippen molar-refractivity contribution in [3.63, 3.8) is 0 Å². The molecular weight excluding hydrogens is 531 g/mol. The smallest absolute Gasteiger partial charge is 0.255 e. The van der Waals surface area contributed by atoms with Gasteiger partial charge in [-0.05, 0) is 74.9 Å². The maximum Gasteiger partial charge on any atom is 0.255 e. The Kier molecular flexibility index (Phi) is 11.5. The Hall–Kier alpha value is -3.19. The fourth-order valence-corrected chi connectivity index (χ4v) is 6.68. The minimum Gasteiger partial charge on any atom is -0.385 e. The van der Waals surface area contributed by atoms with Gasteiger partial charge in [0.05, 0.1) is 24.6 Å². The number of halogens is 1. The molecule has 222 valence electrons. The second-order valence-electron chi connectivity index (χ2n) is 11.1. The second-order valence-corrected chi connectivity index (χ2v) is 11.8. The summed E-state index contributed by atoms with van der Waals surface area (Å²) in [5.41, 5.74) is 8.41. The topological polar surface area (TPSA) is 38.6 Å². The van der Waals surface area contributed by atoms with Gasteiger partial charge in [-0.2, -0.15) is 0 Å². The van der Waals surface area contributed by atoms with Gasteiger partial charge < -0.3 is 15.1 Å². The molecule has 7 heteroatoms. The highest BCUT2D eigenvalue weighted by Crippen LogP contribution is 2.45. The molecule has 0 bridgehead atoms. The molecule has 0 saturated carbocycles. The number of alkyl halides is 1. The van der Waals surface area contributed by atoms with Crippen LogP contribution >= 0.6 is 11.9 Å². The minimum atomic E-state index is 0.0837. The number of allylic oxidation sites excluding steroid dienone is 1. The molecule has 3 aliphatic heterocycles. The van der Waals surface area contributed by atoms with Crippen LogP contribution in [0.15, 0.2) is 79.3 Å². The molecule has 1 N–H and O–H groups in total. The van der Waals surface area contributed by atoms with Crippen LogP contribution in [-0.4, -0.2) is 52.1 Å². The lowest BCUT2D eigenvalue weighted by Gasteiger charge is -2.38. The van der Waals surface area contributed by atoms with Crippen LogP contribution in [0.2, 0.25) is 0 Å². The van der Waals surface area contributed by atoms with Crippen LogP contribution in [0.1, 0.15) is 80.6 Å². The van der Waals surface area contributed by atoms with Crippen LogP contribution in [-0.2, 0) is 6.54 Å². The molecule has 2 aromatic rings. The third kappa shape index (κ3) is 7.18. The van der Waals surface area contributed by atoms with Crippen molar-refractivity contribution in [1.82, 2.24) is 19.4 Å². The summed E-state index contributed by atoms with van der Waals surface area (Å²) in [5.74, 6) is 0.515. The van der Waals surface area contributed by atoms with E-state index >= 15 is 0 Å². The fourth-order valence-electron chi connectivity index (χ4n) is 5.94. The Morgan fingerprint density at radius 2 is 1.78 bits per heavy atom. The number of nitrogens with one attached hydrogen (secondary N) is 1. The Balaban J connectivity index is 0.000000219. The Morgan fingerprint density at radius 1 is 1.12 bits per heavy atom. The van der Waals surface area contributed by atoms with Gasteiger partial charge in [0.2, 0.25) is 0 Å². The Labute approximate surface area is 251 Å². The second kappa shape index (κ2) is 14.6. The van der Waals surface area contributed by atoms with Crippen LogP contribution < -0.4 is 5.32 Å². The van der Waals surface area contributed by atoms with Crippen LogP contribution in [0.5, 0.6) is 0 Å². The van der Waals surface area contributed by atoms with Crippen LogP contribution in [0.3, 0.4) is 0 Å². The molecule has 1 amide bonds. The molecule has 0 spiro atoms. The first-order chi connectivity index (χ1) is 19.7. The molecule has 3 atom stereocenters. The van der Waals surface area contributed by atoms with Crippen molar-refractivity contribution in [1.29, 1.82) is 0 Å². The van der Waals surface area contributed by atoms with E-state index < -0.39 is 0 Å². The summed E-state index contributed by atoms with van der Waals surface area (Å²) in [5, 5.41) is 3.19. The number of hydrogen-bond donors (Lipinski definition) is 1. The monoisotopic (exact) mass is 578 g/mol. The predicted octanol–water partition coefficient (Wildman–Crippen LogP) is 8.01. The average Bonchev–Trinajstić information content (AvgIpc) is 3.24. The van der Waals surface area contributed by atoms with Crippen molar-refractivity contribution in [2.45, 2.75) is 72.1 Å². The molecule has 3 heterocycles. The number of amides is 1. The van der Waals surface area contributed by atoms with Crippen molar-refractivity contribution in [2.75, 3.05) is 20.0 Å². The van der Waals surface area contributed by atoms with Gasteiger partial charge in [-0.3, -0.25) is 13.5 Å². The number of carbonyl (C=O) groups is 1. The SMILES string of the molecule is C=C(C(C(C)C)N1Cc2ccccc2C1=O)N1CCCC1C.C=CNC(C)c1ccc(C2=C(C)N2SC)cc1.CF. The first kappa shape index (κ1) is 32.3. The number of benzene rings is 2. The zero-order valence-corrected chi connectivity index (χ0v) is 26.6. The quantitative estimate of drug-likeness (QED) is 0.305. The zero-order chi connectivity index (χ0) is 30.3. The minimum absolute atomic E-state index is 0.0837. The number of nitrogens with zero attached hydrogens (tertiary/aromatic N) is 3. The predicted molar refractivity (Wildman–Crippen MR) is 173 cm³/mol. The highest BCUT2D eigenvalue weighted by atomic mass is 32.2. The van der Waals surface area contributed by atoms with Gasteiger partial charge in [-0.25, -0.2) is 0 Å². The summed E-state index contributed by atoms with van der Waals surface area (Å²) in [6.45, 7) is 20.8. The van der Waals surface area contributed by atoms with Crippen molar-refractivity contribution >= 4 is 23.6 Å². The van der Waals surface area contributed by atoms with E-state index in [0.717, 1.165) is 23.4 Å². The summed E-state index contributed by atoms with van der Waals surface area (Å²) in [4.78, 5) is 17.2. The van der Waals surface area contributed by atoms with Gasteiger partial charge in [0.25, 0.3) is 5.91 Å². The van der Waals surface area contributed by atoms with Crippen LogP contribution in [0.4, 0.5) is 4.39 Å². The van der Waals surface area contributed by atoms with Crippen LogP contribution in [0, 0.1) is 5.92 Å². The lowest BCUT2D eigenvalue weighted by molar-refractivity contribution is 0.0652. The molecule has 5 nitrogen and oxygen atoms in total. The number of fused-ring (bicyclic) bond motifs is 1. The molecule has 1 fully saturated rings. The first-order valence-electron chi connectivity index (χ1n) is 14.4. The highest BCUT2D eigenvalue weighted by Gasteiger charge is 2.38. The van der Waals surface area contributed by atoms with E-state index in [1.807, 2.05) is 23.1 Å². The van der Waals surface area contributed by atoms with Crippen LogP contribution in [0.25, 0.3) is 5.70 Å². The lowest BCUT2D eigenvalue weighted by atomic mass is 9.98. The average molecular weight is 579 g/mol. The molecule has 0 aromatic heterocycles. The summed E-state index contributed by atoms with van der Waals surface area (Å²) < 4.78 is 11.8. The summed E-state index contributed by atoms with van der Waals surface area (Å²) in [6, 6.07) is 17.6. The van der Waals surface area contributed by atoms with E-state index in [-0.39, 0.29) is 11.9 Å². The molecular formula is C34H47FN4OS. The van der Waals surface area contributed by atoms with E-state index in [0.29, 0.717) is 31.7 Å². The number of rotatable bonds is 9. The van der Waals surface area contributed by atoms with Gasteiger partial charge >= 0.3 is 0 Å². The normalized spacial score (nSPS) is 18.7. The van der Waals surface area contributed by atoms with E-state index in [1.54, 1.807) is 18.1 Å². The van der Waals surface area contributed by atoms with E-state index in [1.165, 1.54) is 35.4 Å². The molecule has 0 aliphatic carbocycles. The van der Waals surface area contributed by atoms with Crippen molar-refractivity contribution in [3.8, 4) is 0 Å². The van der Waals surface area contributed by atoms with Gasteiger partial charge in [0, 0.05) is 48.3 Å². The maximum atomic E-state index is 12.8. The molecule has 3 unspecified atom stereocenters. The molecule has 1 saturated heterocycles. The Bertz CT molecular complexity index is 1240. The third-order valence-corrected chi connectivity index (χ3v) is 8.94. The summed E-state index contributed by atoms with van der Waals surface area (Å²) in [7, 11) is 0.500. The zero-order valence-electron chi connectivity index (χ0n) is 25.8. The lowest BCUT2D eigenvalue weighted by Crippen LogP contribution is -2.45. The maximum absolute atomic E-state index is 12.8. The molecule has 0 radical (unpaired) electrons. The van der Waals surface area contributed by atoms with Crippen molar-refractivity contribution < 1.29 is 9.18 Å². The number of hydrogen-bond acceptors (Lipinski definition) is 5. The number of likely N-dealkylation sites (tertiary alicyclic amines) is 1. The van der Waals surface area contributed by atoms with E-state index in [4.69, 9.17) is 0 Å². The summed E-state index contributed by atoms with van der Waals surface area (Å²) in [6.07, 6.45) is 6.28. The van der Waals surface area contributed by atoms with Crippen molar-refractivity contribution in [2.24, 2.45) is 5.92 Å². The largest absolute Gasteiger partial charge is 0.385 e.